The van der Waals surface area contributed by atoms with Crippen molar-refractivity contribution >= 4 is 15.9 Å². The van der Waals surface area contributed by atoms with E-state index in [4.69, 9.17) is 4.74 Å². The number of ether oxygens (including phenoxy) is 1. The molecule has 0 spiro atoms. The molecule has 0 radical (unpaired) electrons. The summed E-state index contributed by atoms with van der Waals surface area (Å²) in [6.07, 6.45) is 2.31. The number of hydrogen-bond acceptors (Lipinski definition) is 1. The van der Waals surface area contributed by atoms with Gasteiger partial charge in [-0.15, -0.1) is 0 Å². The number of benzene rings is 2. The lowest BCUT2D eigenvalue weighted by Gasteiger charge is -2.19. The van der Waals surface area contributed by atoms with Gasteiger partial charge in [-0.05, 0) is 42.9 Å². The Kier molecular flexibility index (Phi) is 4.64. The zero-order valence-electron chi connectivity index (χ0n) is 12.4. The van der Waals surface area contributed by atoms with Crippen LogP contribution in [0, 0.1) is 12.8 Å². The molecule has 0 N–H and O–H groups in total. The molecule has 0 aromatic heterocycles. The van der Waals surface area contributed by atoms with Crippen LogP contribution in [0.2, 0.25) is 0 Å². The Morgan fingerprint density at radius 1 is 1.14 bits per heavy atom. The second kappa shape index (κ2) is 6.65. The number of alkyl halides is 1. The van der Waals surface area contributed by atoms with E-state index in [9.17, 15) is 0 Å². The topological polar surface area (TPSA) is 9.23 Å². The molecule has 2 aromatic carbocycles. The van der Waals surface area contributed by atoms with Gasteiger partial charge in [0.2, 0.25) is 0 Å². The van der Waals surface area contributed by atoms with Crippen molar-refractivity contribution in [1.82, 2.24) is 0 Å². The highest BCUT2D eigenvalue weighted by Gasteiger charge is 2.26. The van der Waals surface area contributed by atoms with Crippen LogP contribution >= 0.6 is 15.9 Å². The first-order valence-corrected chi connectivity index (χ1v) is 8.72. The normalized spacial score (nSPS) is 18.1. The maximum Gasteiger partial charge on any atom is 0.122 e. The molecule has 1 aliphatic rings. The Hall–Kier alpha value is -1.28. The Morgan fingerprint density at radius 3 is 2.71 bits per heavy atom. The lowest BCUT2D eigenvalue weighted by Crippen LogP contribution is -2.13. The van der Waals surface area contributed by atoms with E-state index in [0.29, 0.717) is 11.8 Å². The van der Waals surface area contributed by atoms with Crippen molar-refractivity contribution < 1.29 is 4.74 Å². The highest BCUT2D eigenvalue weighted by Crippen LogP contribution is 2.38. The van der Waals surface area contributed by atoms with E-state index < -0.39 is 0 Å². The van der Waals surface area contributed by atoms with Crippen LogP contribution in [0.4, 0.5) is 0 Å². The standard InChI is InChI=1S/C19H21BrO/c1-14-6-2-3-7-16(14)10-15(12-20)11-17-13-21-19-9-5-4-8-18(17)19/h2-9,15,17H,10-13H2,1H3. The second-order valence-electron chi connectivity index (χ2n) is 5.93. The summed E-state index contributed by atoms with van der Waals surface area (Å²) in [6, 6.07) is 17.2. The summed E-state index contributed by atoms with van der Waals surface area (Å²) in [4.78, 5) is 0. The molecule has 0 amide bonds. The molecule has 21 heavy (non-hydrogen) atoms. The lowest BCUT2D eigenvalue weighted by atomic mass is 9.87. The second-order valence-corrected chi connectivity index (χ2v) is 6.58. The maximum atomic E-state index is 5.82. The number of para-hydroxylation sites is 1. The van der Waals surface area contributed by atoms with Crippen LogP contribution in [-0.2, 0) is 6.42 Å². The predicted molar refractivity (Wildman–Crippen MR) is 91.5 cm³/mol. The Morgan fingerprint density at radius 2 is 1.90 bits per heavy atom. The lowest BCUT2D eigenvalue weighted by molar-refractivity contribution is 0.311. The highest BCUT2D eigenvalue weighted by atomic mass is 79.9. The first-order valence-electron chi connectivity index (χ1n) is 7.60. The van der Waals surface area contributed by atoms with Crippen LogP contribution in [0.15, 0.2) is 48.5 Å². The molecule has 2 atom stereocenters. The third-order valence-electron chi connectivity index (χ3n) is 4.40. The molecule has 0 bridgehead atoms. The van der Waals surface area contributed by atoms with E-state index >= 15 is 0 Å². The van der Waals surface area contributed by atoms with Crippen molar-refractivity contribution in [2.45, 2.75) is 25.7 Å². The van der Waals surface area contributed by atoms with Crippen molar-refractivity contribution in [3.8, 4) is 5.75 Å². The van der Waals surface area contributed by atoms with E-state index in [1.165, 1.54) is 23.1 Å². The predicted octanol–water partition coefficient (Wildman–Crippen LogP) is 5.11. The maximum absolute atomic E-state index is 5.82. The molecule has 2 aromatic rings. The van der Waals surface area contributed by atoms with E-state index in [1.807, 2.05) is 0 Å². The van der Waals surface area contributed by atoms with Gasteiger partial charge in [-0.1, -0.05) is 58.4 Å². The van der Waals surface area contributed by atoms with Gasteiger partial charge in [-0.2, -0.15) is 0 Å². The zero-order chi connectivity index (χ0) is 14.7. The summed E-state index contributed by atoms with van der Waals surface area (Å²) >= 11 is 3.70. The smallest absolute Gasteiger partial charge is 0.122 e. The third kappa shape index (κ3) is 3.32. The van der Waals surface area contributed by atoms with Crippen LogP contribution in [0.5, 0.6) is 5.75 Å². The summed E-state index contributed by atoms with van der Waals surface area (Å²) in [6.45, 7) is 3.03. The molecule has 110 valence electrons. The van der Waals surface area contributed by atoms with E-state index in [2.05, 4.69) is 71.4 Å². The van der Waals surface area contributed by atoms with Gasteiger partial charge >= 0.3 is 0 Å². The molecule has 1 heterocycles. The monoisotopic (exact) mass is 344 g/mol. The molecule has 2 unspecified atom stereocenters. The molecule has 0 saturated carbocycles. The minimum atomic E-state index is 0.535. The summed E-state index contributed by atoms with van der Waals surface area (Å²) < 4.78 is 5.82. The number of hydrogen-bond donors (Lipinski definition) is 0. The molecular weight excluding hydrogens is 324 g/mol. The number of halogens is 1. The summed E-state index contributed by atoms with van der Waals surface area (Å²) in [5.74, 6) is 2.25. The Balaban J connectivity index is 1.70. The number of fused-ring (bicyclic) bond motifs is 1. The fourth-order valence-electron chi connectivity index (χ4n) is 3.18. The molecule has 3 rings (SSSR count). The fourth-order valence-corrected chi connectivity index (χ4v) is 3.67. The third-order valence-corrected chi connectivity index (χ3v) is 5.32. The van der Waals surface area contributed by atoms with Crippen molar-refractivity contribution in [1.29, 1.82) is 0 Å². The molecule has 0 fully saturated rings. The minimum Gasteiger partial charge on any atom is -0.493 e. The van der Waals surface area contributed by atoms with Gasteiger partial charge in [0, 0.05) is 16.8 Å². The number of aryl methyl sites for hydroxylation is 1. The molecule has 1 nitrogen and oxygen atoms in total. The average molecular weight is 345 g/mol. The SMILES string of the molecule is Cc1ccccc1CC(CBr)CC1COc2ccccc21. The van der Waals surface area contributed by atoms with Gasteiger partial charge in [0.25, 0.3) is 0 Å². The van der Waals surface area contributed by atoms with Crippen LogP contribution in [0.25, 0.3) is 0 Å². The van der Waals surface area contributed by atoms with Gasteiger partial charge in [0.15, 0.2) is 0 Å². The average Bonchev–Trinajstić information content (AvgIpc) is 2.92. The van der Waals surface area contributed by atoms with Crippen molar-refractivity contribution in [2.24, 2.45) is 5.92 Å². The van der Waals surface area contributed by atoms with Crippen LogP contribution < -0.4 is 4.74 Å². The van der Waals surface area contributed by atoms with Crippen molar-refractivity contribution in [3.05, 3.63) is 65.2 Å². The first-order chi connectivity index (χ1) is 10.3. The molecular formula is C19H21BrO. The van der Waals surface area contributed by atoms with Crippen LogP contribution in [-0.4, -0.2) is 11.9 Å². The first kappa shape index (κ1) is 14.6. The molecule has 2 heteroatoms. The van der Waals surface area contributed by atoms with E-state index in [0.717, 1.165) is 24.1 Å². The summed E-state index contributed by atoms with van der Waals surface area (Å²) in [5, 5.41) is 1.04. The van der Waals surface area contributed by atoms with E-state index in [1.54, 1.807) is 0 Å². The van der Waals surface area contributed by atoms with Crippen molar-refractivity contribution in [2.75, 3.05) is 11.9 Å². The zero-order valence-corrected chi connectivity index (χ0v) is 14.0. The van der Waals surface area contributed by atoms with E-state index in [-0.39, 0.29) is 0 Å². The highest BCUT2D eigenvalue weighted by molar-refractivity contribution is 9.09. The molecule has 1 aliphatic heterocycles. The summed E-state index contributed by atoms with van der Waals surface area (Å²) in [7, 11) is 0. The van der Waals surface area contributed by atoms with Gasteiger partial charge in [-0.25, -0.2) is 0 Å². The van der Waals surface area contributed by atoms with Gasteiger partial charge in [-0.3, -0.25) is 0 Å². The quantitative estimate of drug-likeness (QED) is 0.684. The molecule has 0 saturated heterocycles. The Labute approximate surface area is 135 Å². The number of rotatable bonds is 5. The fraction of sp³-hybridized carbons (Fsp3) is 0.368. The van der Waals surface area contributed by atoms with Gasteiger partial charge in [0.1, 0.15) is 5.75 Å². The largest absolute Gasteiger partial charge is 0.493 e. The van der Waals surface area contributed by atoms with Gasteiger partial charge in [0.05, 0.1) is 6.61 Å². The van der Waals surface area contributed by atoms with Crippen LogP contribution in [0.1, 0.15) is 29.0 Å². The minimum absolute atomic E-state index is 0.535. The van der Waals surface area contributed by atoms with Crippen LogP contribution in [0.3, 0.4) is 0 Å². The molecule has 0 aliphatic carbocycles. The summed E-state index contributed by atoms with van der Waals surface area (Å²) in [5.41, 5.74) is 4.24. The Bertz CT molecular complexity index is 608. The van der Waals surface area contributed by atoms with Gasteiger partial charge < -0.3 is 4.74 Å². The van der Waals surface area contributed by atoms with Crippen molar-refractivity contribution in [3.63, 3.8) is 0 Å².